The van der Waals surface area contributed by atoms with Gasteiger partial charge in [0.1, 0.15) is 11.1 Å². The van der Waals surface area contributed by atoms with Crippen LogP contribution >= 0.6 is 0 Å². The molecule has 0 unspecified atom stereocenters. The maximum Gasteiger partial charge on any atom is 0.411 e. The molecule has 2 N–H and O–H groups in total. The van der Waals surface area contributed by atoms with Crippen LogP contribution in [0, 0.1) is 5.41 Å². The number of carbonyl (C=O) groups excluding carboxylic acids is 1. The van der Waals surface area contributed by atoms with Crippen LogP contribution in [0.15, 0.2) is 0 Å². The Kier molecular flexibility index (Phi) is 3.28. The highest BCUT2D eigenvalue weighted by Crippen LogP contribution is 2.63. The van der Waals surface area contributed by atoms with Gasteiger partial charge in [0.05, 0.1) is 6.61 Å². The Hall–Kier alpha value is -1.30. The third-order valence-corrected chi connectivity index (χ3v) is 4.45. The van der Waals surface area contributed by atoms with E-state index >= 15 is 0 Å². The number of hydrogen-bond donors (Lipinski definition) is 2. The van der Waals surface area contributed by atoms with Crippen molar-refractivity contribution in [3.63, 3.8) is 0 Å². The molecule has 1 amide bonds. The van der Waals surface area contributed by atoms with Crippen LogP contribution in [0.4, 0.5) is 4.79 Å². The van der Waals surface area contributed by atoms with Gasteiger partial charge in [-0.1, -0.05) is 6.92 Å². The Bertz CT molecular complexity index is 443. The third kappa shape index (κ3) is 2.06. The molecule has 1 saturated heterocycles. The van der Waals surface area contributed by atoms with E-state index in [1.807, 2.05) is 0 Å². The Balaban J connectivity index is 2.32. The molecule has 1 saturated carbocycles. The highest BCUT2D eigenvalue weighted by atomic mass is 16.6. The number of ether oxygens (including phenoxy) is 1. The first-order valence-electron chi connectivity index (χ1n) is 6.98. The molecule has 0 aromatic rings. The standard InChI is InChI=1S/C14H23NO5/c1-5-14(10(17)18)7-13(8-16)6-9(13)15(14)11(19)20-12(2,3)4/h9,16H,5-8H2,1-4H3,(H,17,18)/t9-,13-,14-/m0/s1. The SMILES string of the molecule is CC[C@@]1(C(=O)O)C[C@]2(CO)C[C@@H]2N1C(=O)OC(C)(C)C. The van der Waals surface area contributed by atoms with Gasteiger partial charge in [-0.25, -0.2) is 9.59 Å². The van der Waals surface area contributed by atoms with E-state index in [0.29, 0.717) is 19.3 Å². The highest BCUT2D eigenvalue weighted by molar-refractivity contribution is 5.86. The summed E-state index contributed by atoms with van der Waals surface area (Å²) in [5.41, 5.74) is -2.38. The van der Waals surface area contributed by atoms with E-state index in [4.69, 9.17) is 4.74 Å². The molecule has 0 aromatic heterocycles. The lowest BCUT2D eigenvalue weighted by Gasteiger charge is -2.37. The Labute approximate surface area is 118 Å². The van der Waals surface area contributed by atoms with Gasteiger partial charge in [0.15, 0.2) is 0 Å². The van der Waals surface area contributed by atoms with Gasteiger partial charge in [-0.3, -0.25) is 4.90 Å². The molecule has 6 heteroatoms. The van der Waals surface area contributed by atoms with Crippen molar-refractivity contribution in [1.29, 1.82) is 0 Å². The number of carbonyl (C=O) groups is 2. The second-order valence-corrected chi connectivity index (χ2v) is 6.96. The minimum absolute atomic E-state index is 0.0913. The fraction of sp³-hybridized carbons (Fsp3) is 0.857. The maximum atomic E-state index is 12.4. The topological polar surface area (TPSA) is 87.1 Å². The molecule has 0 radical (unpaired) electrons. The van der Waals surface area contributed by atoms with Gasteiger partial charge >= 0.3 is 12.1 Å². The predicted octanol–water partition coefficient (Wildman–Crippen LogP) is 1.61. The zero-order chi connectivity index (χ0) is 15.3. The summed E-state index contributed by atoms with van der Waals surface area (Å²) < 4.78 is 5.36. The Morgan fingerprint density at radius 3 is 2.40 bits per heavy atom. The van der Waals surface area contributed by atoms with Crippen LogP contribution in [0.1, 0.15) is 47.0 Å². The molecule has 2 rings (SSSR count). The number of aliphatic hydroxyl groups excluding tert-OH is 1. The first kappa shape index (κ1) is 15.1. The summed E-state index contributed by atoms with van der Waals surface area (Å²) in [6, 6.07) is -0.224. The van der Waals surface area contributed by atoms with Crippen molar-refractivity contribution in [3.8, 4) is 0 Å². The summed E-state index contributed by atoms with van der Waals surface area (Å²) in [4.78, 5) is 25.5. The molecule has 6 nitrogen and oxygen atoms in total. The highest BCUT2D eigenvalue weighted by Gasteiger charge is 2.73. The number of piperidine rings is 1. The molecule has 1 heterocycles. The average Bonchev–Trinajstić information content (AvgIpc) is 2.93. The first-order chi connectivity index (χ1) is 9.12. The third-order valence-electron chi connectivity index (χ3n) is 4.45. The van der Waals surface area contributed by atoms with E-state index in [1.165, 1.54) is 4.90 Å². The molecule has 0 aromatic carbocycles. The summed E-state index contributed by atoms with van der Waals surface area (Å²) in [6.07, 6.45) is 0.656. The second kappa shape index (κ2) is 4.35. The second-order valence-electron chi connectivity index (χ2n) is 6.96. The average molecular weight is 285 g/mol. The van der Waals surface area contributed by atoms with Crippen molar-refractivity contribution in [2.75, 3.05) is 6.61 Å². The number of carboxylic acid groups (broad SMARTS) is 1. The van der Waals surface area contributed by atoms with Gasteiger partial charge in [-0.15, -0.1) is 0 Å². The zero-order valence-corrected chi connectivity index (χ0v) is 12.5. The molecule has 2 fully saturated rings. The van der Waals surface area contributed by atoms with Crippen LogP contribution in [0.25, 0.3) is 0 Å². The number of rotatable bonds is 3. The molecule has 3 atom stereocenters. The molecule has 20 heavy (non-hydrogen) atoms. The van der Waals surface area contributed by atoms with Crippen molar-refractivity contribution in [3.05, 3.63) is 0 Å². The number of amides is 1. The molecule has 2 aliphatic rings. The largest absolute Gasteiger partial charge is 0.479 e. The van der Waals surface area contributed by atoms with Gasteiger partial charge in [-0.05, 0) is 40.0 Å². The normalized spacial score (nSPS) is 35.6. The van der Waals surface area contributed by atoms with E-state index in [2.05, 4.69) is 0 Å². The number of carboxylic acids is 1. The van der Waals surface area contributed by atoms with Crippen LogP contribution in [-0.2, 0) is 9.53 Å². The maximum absolute atomic E-state index is 12.4. The number of aliphatic hydroxyl groups is 1. The zero-order valence-electron chi connectivity index (χ0n) is 12.5. The van der Waals surface area contributed by atoms with Crippen LogP contribution in [-0.4, -0.2) is 51.0 Å². The number of hydrogen-bond acceptors (Lipinski definition) is 4. The number of aliphatic carboxylic acids is 1. The van der Waals surface area contributed by atoms with Crippen LogP contribution in [0.2, 0.25) is 0 Å². The van der Waals surface area contributed by atoms with Crippen LogP contribution in [0.5, 0.6) is 0 Å². The van der Waals surface area contributed by atoms with Crippen molar-refractivity contribution in [2.45, 2.75) is 64.1 Å². The van der Waals surface area contributed by atoms with Crippen LogP contribution in [0.3, 0.4) is 0 Å². The molecule has 114 valence electrons. The minimum atomic E-state index is -1.26. The summed E-state index contributed by atoms with van der Waals surface area (Å²) >= 11 is 0. The lowest BCUT2D eigenvalue weighted by molar-refractivity contribution is -0.151. The van der Waals surface area contributed by atoms with Gasteiger partial charge < -0.3 is 14.9 Å². The van der Waals surface area contributed by atoms with E-state index < -0.39 is 28.6 Å². The fourth-order valence-electron chi connectivity index (χ4n) is 3.31. The van der Waals surface area contributed by atoms with E-state index in [-0.39, 0.29) is 12.6 Å². The molecular weight excluding hydrogens is 262 g/mol. The summed E-state index contributed by atoms with van der Waals surface area (Å²) in [5, 5.41) is 19.1. The van der Waals surface area contributed by atoms with Crippen molar-refractivity contribution >= 4 is 12.1 Å². The molecule has 1 aliphatic carbocycles. The fourth-order valence-corrected chi connectivity index (χ4v) is 3.31. The van der Waals surface area contributed by atoms with Crippen LogP contribution < -0.4 is 0 Å². The predicted molar refractivity (Wildman–Crippen MR) is 71.3 cm³/mol. The van der Waals surface area contributed by atoms with Gasteiger partial charge in [-0.2, -0.15) is 0 Å². The van der Waals surface area contributed by atoms with Gasteiger partial charge in [0.2, 0.25) is 0 Å². The van der Waals surface area contributed by atoms with E-state index in [1.54, 1.807) is 27.7 Å². The number of fused-ring (bicyclic) bond motifs is 1. The lowest BCUT2D eigenvalue weighted by Crippen LogP contribution is -2.55. The van der Waals surface area contributed by atoms with E-state index in [0.717, 1.165) is 0 Å². The lowest BCUT2D eigenvalue weighted by atomic mass is 9.86. The molecule has 0 spiro atoms. The smallest absolute Gasteiger partial charge is 0.411 e. The first-order valence-corrected chi connectivity index (χ1v) is 6.98. The van der Waals surface area contributed by atoms with Crippen molar-refractivity contribution in [2.24, 2.45) is 5.41 Å². The van der Waals surface area contributed by atoms with Crippen molar-refractivity contribution in [1.82, 2.24) is 4.90 Å². The van der Waals surface area contributed by atoms with Gasteiger partial charge in [0, 0.05) is 11.5 Å². The Morgan fingerprint density at radius 1 is 1.40 bits per heavy atom. The minimum Gasteiger partial charge on any atom is -0.479 e. The summed E-state index contributed by atoms with van der Waals surface area (Å²) in [5.74, 6) is -1.02. The summed E-state index contributed by atoms with van der Waals surface area (Å²) in [7, 11) is 0. The Morgan fingerprint density at radius 2 is 2.00 bits per heavy atom. The monoisotopic (exact) mass is 285 g/mol. The molecule has 1 aliphatic heterocycles. The number of likely N-dealkylation sites (tertiary alicyclic amines) is 1. The molecular formula is C14H23NO5. The number of nitrogens with zero attached hydrogens (tertiary/aromatic N) is 1. The molecule has 0 bridgehead atoms. The van der Waals surface area contributed by atoms with Gasteiger partial charge in [0.25, 0.3) is 0 Å². The van der Waals surface area contributed by atoms with Crippen molar-refractivity contribution < 1.29 is 24.5 Å². The van der Waals surface area contributed by atoms with E-state index in [9.17, 15) is 19.8 Å². The quantitative estimate of drug-likeness (QED) is 0.822. The summed E-state index contributed by atoms with van der Waals surface area (Å²) in [6.45, 7) is 6.91.